The van der Waals surface area contributed by atoms with Crippen LogP contribution in [0, 0.1) is 0 Å². The summed E-state index contributed by atoms with van der Waals surface area (Å²) in [5, 5.41) is 0. The van der Waals surface area contributed by atoms with E-state index in [0.717, 1.165) is 28.2 Å². The molecule has 0 aliphatic heterocycles. The summed E-state index contributed by atoms with van der Waals surface area (Å²) >= 11 is 0. The standard InChI is InChI=1S/C15H15N3O/c1-2-19-11-8-6-10(7-9-11)15-17-13-5-3-4-12(16)14(13)18-15/h3-9H,2,16H2,1H3,(H,17,18). The van der Waals surface area contributed by atoms with Crippen molar-refractivity contribution in [3.63, 3.8) is 0 Å². The smallest absolute Gasteiger partial charge is 0.138 e. The highest BCUT2D eigenvalue weighted by molar-refractivity contribution is 5.89. The number of aromatic nitrogens is 2. The number of nitrogens with two attached hydrogens (primary N) is 1. The first-order valence-corrected chi connectivity index (χ1v) is 6.25. The van der Waals surface area contributed by atoms with Crippen LogP contribution in [-0.2, 0) is 0 Å². The van der Waals surface area contributed by atoms with Gasteiger partial charge in [0.05, 0.1) is 17.8 Å². The summed E-state index contributed by atoms with van der Waals surface area (Å²) in [5.41, 5.74) is 9.37. The number of aromatic amines is 1. The molecule has 0 saturated heterocycles. The first-order chi connectivity index (χ1) is 9.28. The van der Waals surface area contributed by atoms with Crippen LogP contribution in [0.15, 0.2) is 42.5 Å². The number of anilines is 1. The minimum atomic E-state index is 0.667. The molecule has 2 aromatic carbocycles. The topological polar surface area (TPSA) is 63.9 Å². The largest absolute Gasteiger partial charge is 0.494 e. The number of para-hydroxylation sites is 1. The van der Waals surface area contributed by atoms with Gasteiger partial charge in [-0.2, -0.15) is 0 Å². The maximum absolute atomic E-state index is 5.91. The summed E-state index contributed by atoms with van der Waals surface area (Å²) in [7, 11) is 0. The predicted molar refractivity (Wildman–Crippen MR) is 77.1 cm³/mol. The van der Waals surface area contributed by atoms with E-state index >= 15 is 0 Å². The molecule has 0 radical (unpaired) electrons. The lowest BCUT2D eigenvalue weighted by atomic mass is 10.2. The monoisotopic (exact) mass is 253 g/mol. The van der Waals surface area contributed by atoms with E-state index in [1.54, 1.807) is 0 Å². The Kier molecular flexibility index (Phi) is 2.83. The number of rotatable bonds is 3. The third-order valence-corrected chi connectivity index (χ3v) is 2.98. The predicted octanol–water partition coefficient (Wildman–Crippen LogP) is 3.21. The normalized spacial score (nSPS) is 10.8. The van der Waals surface area contributed by atoms with E-state index in [4.69, 9.17) is 10.5 Å². The Morgan fingerprint density at radius 1 is 1.16 bits per heavy atom. The molecule has 0 bridgehead atoms. The van der Waals surface area contributed by atoms with E-state index in [1.807, 2.05) is 49.4 Å². The Labute approximate surface area is 111 Å². The van der Waals surface area contributed by atoms with Crippen molar-refractivity contribution in [3.8, 4) is 17.1 Å². The number of nitrogen functional groups attached to an aromatic ring is 1. The van der Waals surface area contributed by atoms with Crippen LogP contribution < -0.4 is 10.5 Å². The molecule has 19 heavy (non-hydrogen) atoms. The third kappa shape index (κ3) is 2.12. The van der Waals surface area contributed by atoms with Crippen molar-refractivity contribution in [3.05, 3.63) is 42.5 Å². The molecule has 0 atom stereocenters. The summed E-state index contributed by atoms with van der Waals surface area (Å²) in [6.07, 6.45) is 0. The highest BCUT2D eigenvalue weighted by Crippen LogP contribution is 2.25. The molecule has 1 aromatic heterocycles. The number of imidazole rings is 1. The molecule has 3 aromatic rings. The number of hydrogen-bond acceptors (Lipinski definition) is 3. The van der Waals surface area contributed by atoms with Gasteiger partial charge in [0.25, 0.3) is 0 Å². The summed E-state index contributed by atoms with van der Waals surface area (Å²) < 4.78 is 5.42. The quantitative estimate of drug-likeness (QED) is 0.704. The fourth-order valence-electron chi connectivity index (χ4n) is 2.07. The first kappa shape index (κ1) is 11.6. The molecule has 0 fully saturated rings. The van der Waals surface area contributed by atoms with Crippen molar-refractivity contribution < 1.29 is 4.74 Å². The van der Waals surface area contributed by atoms with Crippen LogP contribution >= 0.6 is 0 Å². The number of hydrogen-bond donors (Lipinski definition) is 2. The van der Waals surface area contributed by atoms with Gasteiger partial charge in [-0.15, -0.1) is 0 Å². The molecule has 0 aliphatic rings. The van der Waals surface area contributed by atoms with Gasteiger partial charge in [-0.05, 0) is 43.3 Å². The van der Waals surface area contributed by atoms with E-state index in [0.29, 0.717) is 12.3 Å². The van der Waals surface area contributed by atoms with Gasteiger partial charge in [-0.1, -0.05) is 6.07 Å². The molecule has 96 valence electrons. The van der Waals surface area contributed by atoms with Crippen LogP contribution in [0.1, 0.15) is 6.92 Å². The van der Waals surface area contributed by atoms with Gasteiger partial charge in [-0.3, -0.25) is 0 Å². The van der Waals surface area contributed by atoms with E-state index in [9.17, 15) is 0 Å². The summed E-state index contributed by atoms with van der Waals surface area (Å²) in [5.74, 6) is 1.68. The minimum absolute atomic E-state index is 0.667. The third-order valence-electron chi connectivity index (χ3n) is 2.98. The maximum Gasteiger partial charge on any atom is 0.138 e. The minimum Gasteiger partial charge on any atom is -0.494 e. The van der Waals surface area contributed by atoms with Crippen molar-refractivity contribution in [2.75, 3.05) is 12.3 Å². The molecule has 1 heterocycles. The zero-order valence-corrected chi connectivity index (χ0v) is 10.7. The molecule has 4 heteroatoms. The van der Waals surface area contributed by atoms with Gasteiger partial charge in [0, 0.05) is 5.56 Å². The molecule has 0 amide bonds. The van der Waals surface area contributed by atoms with Crippen LogP contribution in [0.25, 0.3) is 22.4 Å². The van der Waals surface area contributed by atoms with Crippen molar-refractivity contribution >= 4 is 16.7 Å². The Morgan fingerprint density at radius 3 is 2.63 bits per heavy atom. The molecule has 3 rings (SSSR count). The van der Waals surface area contributed by atoms with Crippen molar-refractivity contribution in [2.45, 2.75) is 6.92 Å². The van der Waals surface area contributed by atoms with Gasteiger partial charge in [0.2, 0.25) is 0 Å². The lowest BCUT2D eigenvalue weighted by Gasteiger charge is -2.02. The molecule has 3 N–H and O–H groups in total. The van der Waals surface area contributed by atoms with Crippen molar-refractivity contribution in [1.82, 2.24) is 9.97 Å². The zero-order chi connectivity index (χ0) is 13.2. The van der Waals surface area contributed by atoms with Gasteiger partial charge >= 0.3 is 0 Å². The molecular formula is C15H15N3O. The lowest BCUT2D eigenvalue weighted by Crippen LogP contribution is -1.90. The Hall–Kier alpha value is -2.49. The molecule has 0 spiro atoms. The van der Waals surface area contributed by atoms with E-state index in [-0.39, 0.29) is 0 Å². The van der Waals surface area contributed by atoms with Crippen molar-refractivity contribution in [1.29, 1.82) is 0 Å². The number of H-pyrrole nitrogens is 1. The number of benzene rings is 2. The second-order valence-corrected chi connectivity index (χ2v) is 4.29. The highest BCUT2D eigenvalue weighted by atomic mass is 16.5. The maximum atomic E-state index is 5.91. The number of fused-ring (bicyclic) bond motifs is 1. The highest BCUT2D eigenvalue weighted by Gasteiger charge is 2.07. The second kappa shape index (κ2) is 4.65. The van der Waals surface area contributed by atoms with Gasteiger partial charge < -0.3 is 15.5 Å². The summed E-state index contributed by atoms with van der Waals surface area (Å²) in [6.45, 7) is 2.64. The number of ether oxygens (including phenoxy) is 1. The van der Waals surface area contributed by atoms with Gasteiger partial charge in [0.1, 0.15) is 17.1 Å². The van der Waals surface area contributed by atoms with Crippen LogP contribution in [0.4, 0.5) is 5.69 Å². The van der Waals surface area contributed by atoms with Crippen LogP contribution in [0.5, 0.6) is 5.75 Å². The first-order valence-electron chi connectivity index (χ1n) is 6.25. The fraction of sp³-hybridized carbons (Fsp3) is 0.133. The molecule has 0 unspecified atom stereocenters. The van der Waals surface area contributed by atoms with Crippen molar-refractivity contribution in [2.24, 2.45) is 0 Å². The van der Waals surface area contributed by atoms with Crippen LogP contribution in [0.3, 0.4) is 0 Å². The zero-order valence-electron chi connectivity index (χ0n) is 10.7. The fourth-order valence-corrected chi connectivity index (χ4v) is 2.07. The second-order valence-electron chi connectivity index (χ2n) is 4.29. The van der Waals surface area contributed by atoms with E-state index in [1.165, 1.54) is 0 Å². The Bertz CT molecular complexity index is 701. The summed E-state index contributed by atoms with van der Waals surface area (Å²) in [6, 6.07) is 13.6. The van der Waals surface area contributed by atoms with Gasteiger partial charge in [-0.25, -0.2) is 4.98 Å². The number of nitrogens with one attached hydrogen (secondary N) is 1. The molecular weight excluding hydrogens is 238 g/mol. The molecule has 4 nitrogen and oxygen atoms in total. The lowest BCUT2D eigenvalue weighted by molar-refractivity contribution is 0.340. The average molecular weight is 253 g/mol. The van der Waals surface area contributed by atoms with E-state index < -0.39 is 0 Å². The van der Waals surface area contributed by atoms with Crippen LogP contribution in [0.2, 0.25) is 0 Å². The Morgan fingerprint density at radius 2 is 1.95 bits per heavy atom. The van der Waals surface area contributed by atoms with Crippen LogP contribution in [-0.4, -0.2) is 16.6 Å². The SMILES string of the molecule is CCOc1ccc(-c2nc3c(N)cccc3[nH]2)cc1. The molecule has 0 saturated carbocycles. The summed E-state index contributed by atoms with van der Waals surface area (Å²) in [4.78, 5) is 7.81. The van der Waals surface area contributed by atoms with Gasteiger partial charge in [0.15, 0.2) is 0 Å². The Balaban J connectivity index is 2.01. The average Bonchev–Trinajstić information content (AvgIpc) is 2.85. The molecule has 0 aliphatic carbocycles. The van der Waals surface area contributed by atoms with E-state index in [2.05, 4.69) is 9.97 Å². The number of nitrogens with zero attached hydrogens (tertiary/aromatic N) is 1.